The van der Waals surface area contributed by atoms with E-state index in [2.05, 4.69) is 5.32 Å². The number of aliphatic hydroxyl groups excluding tert-OH is 3. The van der Waals surface area contributed by atoms with Gasteiger partial charge in [-0.15, -0.1) is 0 Å². The van der Waals surface area contributed by atoms with Crippen molar-refractivity contribution in [3.8, 4) is 0 Å². The fourth-order valence-electron chi connectivity index (χ4n) is 2.64. The first-order valence-electron chi connectivity index (χ1n) is 7.92. The zero-order chi connectivity index (χ0) is 16.7. The smallest absolute Gasteiger partial charge is 0.0636 e. The average Bonchev–Trinajstić information content (AvgIpc) is 2.38. The Balaban J connectivity index is 3.07. The van der Waals surface area contributed by atoms with Gasteiger partial charge in [0, 0.05) is 19.6 Å². The molecular formula is C17H30N2O3. The number of rotatable bonds is 9. The van der Waals surface area contributed by atoms with Crippen molar-refractivity contribution >= 4 is 0 Å². The van der Waals surface area contributed by atoms with E-state index in [1.54, 1.807) is 20.8 Å². The van der Waals surface area contributed by atoms with E-state index < -0.39 is 18.3 Å². The van der Waals surface area contributed by atoms with Crippen molar-refractivity contribution in [2.45, 2.75) is 65.0 Å². The highest BCUT2D eigenvalue weighted by molar-refractivity contribution is 5.40. The molecule has 5 nitrogen and oxygen atoms in total. The van der Waals surface area contributed by atoms with E-state index in [9.17, 15) is 15.3 Å². The van der Waals surface area contributed by atoms with Crippen LogP contribution in [-0.2, 0) is 25.9 Å². The molecule has 3 atom stereocenters. The minimum Gasteiger partial charge on any atom is -0.393 e. The first kappa shape index (κ1) is 19.1. The molecule has 0 heterocycles. The van der Waals surface area contributed by atoms with Gasteiger partial charge in [-0.2, -0.15) is 0 Å². The fourth-order valence-corrected chi connectivity index (χ4v) is 2.64. The number of hydrogen-bond acceptors (Lipinski definition) is 5. The van der Waals surface area contributed by atoms with Gasteiger partial charge in [-0.05, 0) is 55.9 Å². The van der Waals surface area contributed by atoms with Gasteiger partial charge >= 0.3 is 0 Å². The third kappa shape index (κ3) is 6.42. The van der Waals surface area contributed by atoms with Crippen LogP contribution in [0.15, 0.2) is 12.1 Å². The van der Waals surface area contributed by atoms with Crippen LogP contribution in [0.5, 0.6) is 0 Å². The highest BCUT2D eigenvalue weighted by atomic mass is 16.3. The molecule has 0 saturated heterocycles. The molecule has 0 aromatic heterocycles. The predicted molar refractivity (Wildman–Crippen MR) is 88.5 cm³/mol. The van der Waals surface area contributed by atoms with Crippen molar-refractivity contribution in [1.29, 1.82) is 0 Å². The zero-order valence-corrected chi connectivity index (χ0v) is 13.8. The van der Waals surface area contributed by atoms with Gasteiger partial charge in [0.2, 0.25) is 0 Å². The summed E-state index contributed by atoms with van der Waals surface area (Å²) in [6, 6.07) is 4.07. The van der Waals surface area contributed by atoms with Crippen molar-refractivity contribution in [2.75, 3.05) is 6.54 Å². The van der Waals surface area contributed by atoms with Crippen molar-refractivity contribution in [1.82, 2.24) is 5.32 Å². The molecule has 0 saturated carbocycles. The lowest BCUT2D eigenvalue weighted by atomic mass is 9.92. The second-order valence-electron chi connectivity index (χ2n) is 6.18. The molecule has 0 fully saturated rings. The Bertz CT molecular complexity index is 459. The molecule has 1 rings (SSSR count). The molecule has 0 aliphatic rings. The van der Waals surface area contributed by atoms with Crippen molar-refractivity contribution in [2.24, 2.45) is 5.73 Å². The third-order valence-corrected chi connectivity index (χ3v) is 3.50. The number of nitrogens with one attached hydrogen (secondary N) is 1. The van der Waals surface area contributed by atoms with E-state index in [4.69, 9.17) is 5.73 Å². The molecule has 126 valence electrons. The molecule has 3 unspecified atom stereocenters. The van der Waals surface area contributed by atoms with Gasteiger partial charge in [0.1, 0.15) is 0 Å². The van der Waals surface area contributed by atoms with E-state index in [0.717, 1.165) is 22.3 Å². The van der Waals surface area contributed by atoms with Gasteiger partial charge in [-0.25, -0.2) is 0 Å². The van der Waals surface area contributed by atoms with Crippen LogP contribution in [0.2, 0.25) is 0 Å². The summed E-state index contributed by atoms with van der Waals surface area (Å²) in [6.45, 7) is 6.78. The van der Waals surface area contributed by atoms with Crippen molar-refractivity contribution in [3.63, 3.8) is 0 Å². The van der Waals surface area contributed by atoms with Gasteiger partial charge in [0.05, 0.1) is 18.3 Å². The first-order chi connectivity index (χ1) is 10.3. The molecule has 22 heavy (non-hydrogen) atoms. The second-order valence-corrected chi connectivity index (χ2v) is 6.18. The monoisotopic (exact) mass is 310 g/mol. The summed E-state index contributed by atoms with van der Waals surface area (Å²) in [5, 5.41) is 31.9. The minimum absolute atomic E-state index is 0.406. The second kappa shape index (κ2) is 9.22. The quantitative estimate of drug-likeness (QED) is 0.456. The summed E-state index contributed by atoms with van der Waals surface area (Å²) >= 11 is 0. The fraction of sp³-hybridized carbons (Fsp3) is 0.647. The maximum Gasteiger partial charge on any atom is 0.0636 e. The minimum atomic E-state index is -0.442. The topological polar surface area (TPSA) is 98.7 Å². The van der Waals surface area contributed by atoms with Gasteiger partial charge < -0.3 is 26.4 Å². The Morgan fingerprint density at radius 2 is 1.55 bits per heavy atom. The Morgan fingerprint density at radius 3 is 2.05 bits per heavy atom. The summed E-state index contributed by atoms with van der Waals surface area (Å²) < 4.78 is 0. The van der Waals surface area contributed by atoms with E-state index in [1.165, 1.54) is 0 Å². The molecule has 0 amide bonds. The molecule has 0 spiro atoms. The van der Waals surface area contributed by atoms with Crippen molar-refractivity contribution in [3.05, 3.63) is 34.4 Å². The Morgan fingerprint density at radius 1 is 0.955 bits per heavy atom. The van der Waals surface area contributed by atoms with Crippen LogP contribution in [0.25, 0.3) is 0 Å². The van der Waals surface area contributed by atoms with Crippen LogP contribution in [0, 0.1) is 0 Å². The lowest BCUT2D eigenvalue weighted by Crippen LogP contribution is -2.26. The van der Waals surface area contributed by atoms with Crippen LogP contribution in [0.4, 0.5) is 0 Å². The summed E-state index contributed by atoms with van der Waals surface area (Å²) in [5.74, 6) is 0. The maximum absolute atomic E-state index is 9.74. The Hall–Kier alpha value is -0.980. The lowest BCUT2D eigenvalue weighted by molar-refractivity contribution is 0.189. The zero-order valence-electron chi connectivity index (χ0n) is 13.8. The van der Waals surface area contributed by atoms with Gasteiger partial charge in [-0.1, -0.05) is 12.1 Å². The van der Waals surface area contributed by atoms with E-state index in [-0.39, 0.29) is 0 Å². The normalized spacial score (nSPS) is 15.6. The number of benzene rings is 1. The first-order valence-corrected chi connectivity index (χ1v) is 7.92. The highest BCUT2D eigenvalue weighted by Crippen LogP contribution is 2.21. The average molecular weight is 310 g/mol. The summed E-state index contributed by atoms with van der Waals surface area (Å²) in [5.41, 5.74) is 10.1. The number of aliphatic hydroxyl groups is 3. The summed E-state index contributed by atoms with van der Waals surface area (Å²) in [6.07, 6.45) is -0.142. The largest absolute Gasteiger partial charge is 0.393 e. The van der Waals surface area contributed by atoms with Gasteiger partial charge in [0.15, 0.2) is 0 Å². The molecule has 0 aliphatic carbocycles. The lowest BCUT2D eigenvalue weighted by Gasteiger charge is -2.19. The standard InChI is InChI=1S/C17H30N2O3/c1-11(20)4-14-6-15(5-12(2)21)17(16(7-14)8-18)10-19-9-13(3)22/h6-7,11-13,19-22H,4-5,8-10,18H2,1-3H3. The SMILES string of the molecule is CC(O)CNCc1c(CN)cc(CC(C)O)cc1CC(C)O. The number of hydrogen-bond donors (Lipinski definition) is 5. The van der Waals surface area contributed by atoms with Crippen molar-refractivity contribution < 1.29 is 15.3 Å². The maximum atomic E-state index is 9.74. The molecule has 0 bridgehead atoms. The molecule has 6 N–H and O–H groups in total. The Kier molecular flexibility index (Phi) is 8.00. The van der Waals surface area contributed by atoms with Crippen LogP contribution >= 0.6 is 0 Å². The number of nitrogens with two attached hydrogens (primary N) is 1. The molecule has 0 aliphatic heterocycles. The van der Waals surface area contributed by atoms with Crippen LogP contribution < -0.4 is 11.1 Å². The molecule has 1 aromatic carbocycles. The van der Waals surface area contributed by atoms with Crippen LogP contribution in [-0.4, -0.2) is 40.2 Å². The third-order valence-electron chi connectivity index (χ3n) is 3.50. The highest BCUT2D eigenvalue weighted by Gasteiger charge is 2.13. The van der Waals surface area contributed by atoms with Gasteiger partial charge in [-0.3, -0.25) is 0 Å². The van der Waals surface area contributed by atoms with Crippen LogP contribution in [0.1, 0.15) is 43.0 Å². The summed E-state index contributed by atoms with van der Waals surface area (Å²) in [7, 11) is 0. The predicted octanol–water partition coefficient (Wildman–Crippen LogP) is 0.462. The molecular weight excluding hydrogens is 280 g/mol. The van der Waals surface area contributed by atoms with Crippen LogP contribution in [0.3, 0.4) is 0 Å². The molecule has 1 aromatic rings. The summed E-state index contributed by atoms with van der Waals surface area (Å²) in [4.78, 5) is 0. The molecule has 0 radical (unpaired) electrons. The van der Waals surface area contributed by atoms with E-state index in [1.807, 2.05) is 12.1 Å². The molecule has 5 heteroatoms. The Labute approximate surface area is 133 Å². The van der Waals surface area contributed by atoms with E-state index in [0.29, 0.717) is 32.5 Å². The van der Waals surface area contributed by atoms with E-state index >= 15 is 0 Å². The van der Waals surface area contributed by atoms with Gasteiger partial charge in [0.25, 0.3) is 0 Å².